The fraction of sp³-hybridized carbons (Fsp3) is 0.0345. The summed E-state index contributed by atoms with van der Waals surface area (Å²) >= 11 is 0. The molecular weight excluding hydrogens is 753 g/mol. The van der Waals surface area contributed by atoms with E-state index in [-0.39, 0.29) is 0 Å². The number of nitrogens with one attached hydrogen (secondary N) is 1. The number of nitrogens with two attached hydrogens (primary N) is 2. The highest BCUT2D eigenvalue weighted by atomic mass is 15.0. The lowest BCUT2D eigenvalue weighted by atomic mass is 9.93. The van der Waals surface area contributed by atoms with Crippen molar-refractivity contribution in [1.82, 2.24) is 9.55 Å². The maximum absolute atomic E-state index is 4.00. The molecule has 2 aromatic heterocycles. The van der Waals surface area contributed by atoms with Crippen LogP contribution >= 0.6 is 0 Å². The Bertz CT molecular complexity index is 3450. The van der Waals surface area contributed by atoms with Crippen LogP contribution < -0.4 is 11.7 Å². The molecule has 0 atom stereocenters. The molecule has 4 heteroatoms. The third-order valence-electron chi connectivity index (χ3n) is 11.6. The Kier molecular flexibility index (Phi) is 11.4. The van der Waals surface area contributed by atoms with E-state index in [0.29, 0.717) is 0 Å². The number of benzene rings is 10. The SMILES string of the molecule is C=CCc1ccccc1.Cc1ccc2c3ccccc3c3ccccc3c2c1.NN.c1ccc(-n2c3ccccc3c3cc(-c4ccc5[nH]c6ccccc6c5c4)ccc32)cc1. The van der Waals surface area contributed by atoms with Crippen LogP contribution in [-0.2, 0) is 6.42 Å². The molecular formula is C58H48N4. The number of hydrazine groups is 1. The normalized spacial score (nSPS) is 11.0. The number of aromatic nitrogens is 2. The van der Waals surface area contributed by atoms with Gasteiger partial charge in [0.2, 0.25) is 0 Å². The van der Waals surface area contributed by atoms with Crippen molar-refractivity contribution in [3.8, 4) is 16.8 Å². The molecule has 12 aromatic rings. The summed E-state index contributed by atoms with van der Waals surface area (Å²) < 4.78 is 2.36. The van der Waals surface area contributed by atoms with E-state index in [1.165, 1.54) is 104 Å². The summed E-state index contributed by atoms with van der Waals surface area (Å²) in [4.78, 5) is 3.53. The number of aryl methyl sites for hydroxylation is 1. The molecule has 0 spiro atoms. The zero-order valence-electron chi connectivity index (χ0n) is 34.8. The van der Waals surface area contributed by atoms with Gasteiger partial charge in [0.1, 0.15) is 0 Å². The first-order valence-electron chi connectivity index (χ1n) is 21.0. The lowest BCUT2D eigenvalue weighted by Gasteiger charge is -2.10. The van der Waals surface area contributed by atoms with Crippen LogP contribution in [0.2, 0.25) is 0 Å². The first kappa shape index (κ1) is 39.7. The molecule has 2 heterocycles. The van der Waals surface area contributed by atoms with Gasteiger partial charge in [0.15, 0.2) is 0 Å². The molecule has 0 aliphatic heterocycles. The minimum atomic E-state index is 0.973. The van der Waals surface area contributed by atoms with E-state index in [9.17, 15) is 0 Å². The Labute approximate surface area is 361 Å². The number of para-hydroxylation sites is 3. The topological polar surface area (TPSA) is 72.8 Å². The van der Waals surface area contributed by atoms with E-state index in [2.05, 4.69) is 229 Å². The molecule has 5 N–H and O–H groups in total. The minimum Gasteiger partial charge on any atom is -0.355 e. The van der Waals surface area contributed by atoms with Gasteiger partial charge in [0.05, 0.1) is 11.0 Å². The van der Waals surface area contributed by atoms with Crippen LogP contribution in [-0.4, -0.2) is 9.55 Å². The van der Waals surface area contributed by atoms with Gasteiger partial charge in [-0.3, -0.25) is 11.7 Å². The minimum absolute atomic E-state index is 0.973. The lowest BCUT2D eigenvalue weighted by Crippen LogP contribution is -2.02. The molecule has 0 aliphatic carbocycles. The van der Waals surface area contributed by atoms with Gasteiger partial charge in [-0.15, -0.1) is 6.58 Å². The van der Waals surface area contributed by atoms with E-state index >= 15 is 0 Å². The highest BCUT2D eigenvalue weighted by Gasteiger charge is 2.14. The molecule has 12 rings (SSSR count). The number of nitrogens with zero attached hydrogens (tertiary/aromatic N) is 1. The molecule has 0 saturated carbocycles. The molecule has 0 bridgehead atoms. The second-order valence-corrected chi connectivity index (χ2v) is 15.5. The second-order valence-electron chi connectivity index (χ2n) is 15.5. The molecule has 0 fully saturated rings. The highest BCUT2D eigenvalue weighted by molar-refractivity contribution is 6.25. The summed E-state index contributed by atoms with van der Waals surface area (Å²) in [7, 11) is 0. The molecule has 0 saturated heterocycles. The van der Waals surface area contributed by atoms with Crippen LogP contribution in [0, 0.1) is 6.92 Å². The zero-order valence-corrected chi connectivity index (χ0v) is 34.8. The van der Waals surface area contributed by atoms with Crippen molar-refractivity contribution in [2.75, 3.05) is 0 Å². The predicted octanol–water partition coefficient (Wildman–Crippen LogP) is 14.8. The van der Waals surface area contributed by atoms with E-state index in [1.54, 1.807) is 0 Å². The number of allylic oxidation sites excluding steroid dienone is 1. The molecule has 0 radical (unpaired) electrons. The van der Waals surface area contributed by atoms with Crippen molar-refractivity contribution in [2.45, 2.75) is 13.3 Å². The standard InChI is InChI=1S/C30H20N2.C19H14.C9H10.H4N2/c1-2-8-22(9-3-1)32-29-13-7-5-11-24(29)26-19-21(15-17-30(26)32)20-14-16-28-25(18-20)23-10-4-6-12-27(23)31-28;1-13-10-11-18-16-8-3-2-6-14(16)15-7-4-5-9-17(15)19(18)12-13;1-2-6-9-7-4-3-5-8-9;1-2/h1-19,31H;2-12H,1H3;2-5,7-8H,1,6H2;1-2H2. The summed E-state index contributed by atoms with van der Waals surface area (Å²) in [6, 6.07) is 75.8. The number of fused-ring (bicyclic) bond motifs is 12. The quantitative estimate of drug-likeness (QED) is 0.0718. The zero-order chi connectivity index (χ0) is 42.4. The van der Waals surface area contributed by atoms with Crippen molar-refractivity contribution < 1.29 is 0 Å². The Morgan fingerprint density at radius 2 is 0.903 bits per heavy atom. The van der Waals surface area contributed by atoms with Gasteiger partial charge in [0.25, 0.3) is 0 Å². The number of aromatic amines is 1. The Hall–Kier alpha value is -7.76. The lowest BCUT2D eigenvalue weighted by molar-refractivity contribution is 1.18. The van der Waals surface area contributed by atoms with E-state index in [4.69, 9.17) is 0 Å². The van der Waals surface area contributed by atoms with Gasteiger partial charge >= 0.3 is 0 Å². The average molecular weight is 801 g/mol. The highest BCUT2D eigenvalue weighted by Crippen LogP contribution is 2.37. The maximum atomic E-state index is 4.00. The third-order valence-corrected chi connectivity index (χ3v) is 11.6. The summed E-state index contributed by atoms with van der Waals surface area (Å²) in [5, 5.41) is 13.2. The maximum Gasteiger partial charge on any atom is 0.0541 e. The Balaban J connectivity index is 0.000000138. The first-order chi connectivity index (χ1) is 30.6. The molecule has 4 nitrogen and oxygen atoms in total. The van der Waals surface area contributed by atoms with Crippen LogP contribution in [0.4, 0.5) is 0 Å². The fourth-order valence-corrected chi connectivity index (χ4v) is 8.84. The summed E-state index contributed by atoms with van der Waals surface area (Å²) in [5.74, 6) is 8.00. The summed E-state index contributed by atoms with van der Waals surface area (Å²) in [6.45, 7) is 5.81. The van der Waals surface area contributed by atoms with Crippen LogP contribution in [0.5, 0.6) is 0 Å². The molecule has 10 aromatic carbocycles. The smallest absolute Gasteiger partial charge is 0.0541 e. The third kappa shape index (κ3) is 7.61. The molecule has 300 valence electrons. The van der Waals surface area contributed by atoms with E-state index in [1.807, 2.05) is 24.3 Å². The van der Waals surface area contributed by atoms with Crippen LogP contribution in [0.25, 0.3) is 92.7 Å². The number of H-pyrrole nitrogens is 1. The van der Waals surface area contributed by atoms with Gasteiger partial charge in [-0.25, -0.2) is 0 Å². The van der Waals surface area contributed by atoms with Crippen molar-refractivity contribution in [3.05, 3.63) is 236 Å². The largest absolute Gasteiger partial charge is 0.355 e. The van der Waals surface area contributed by atoms with Crippen molar-refractivity contribution in [3.63, 3.8) is 0 Å². The summed E-state index contributed by atoms with van der Waals surface area (Å²) in [6.07, 6.45) is 2.89. The van der Waals surface area contributed by atoms with Crippen LogP contribution in [0.1, 0.15) is 11.1 Å². The van der Waals surface area contributed by atoms with Gasteiger partial charge < -0.3 is 9.55 Å². The van der Waals surface area contributed by atoms with Crippen LogP contribution in [0.15, 0.2) is 225 Å². The Morgan fingerprint density at radius 3 is 1.56 bits per heavy atom. The first-order valence-corrected chi connectivity index (χ1v) is 21.0. The van der Waals surface area contributed by atoms with E-state index in [0.717, 1.165) is 6.42 Å². The van der Waals surface area contributed by atoms with Gasteiger partial charge in [-0.05, 0) is 111 Å². The molecule has 62 heavy (non-hydrogen) atoms. The van der Waals surface area contributed by atoms with Crippen LogP contribution in [0.3, 0.4) is 0 Å². The van der Waals surface area contributed by atoms with Crippen molar-refractivity contribution >= 4 is 75.9 Å². The predicted molar refractivity (Wildman–Crippen MR) is 268 cm³/mol. The number of rotatable bonds is 4. The molecule has 0 amide bonds. The number of hydrogen-bond acceptors (Lipinski definition) is 2. The Morgan fingerprint density at radius 1 is 0.419 bits per heavy atom. The monoisotopic (exact) mass is 800 g/mol. The summed E-state index contributed by atoms with van der Waals surface area (Å²) in [5.41, 5.74) is 11.1. The molecule has 0 unspecified atom stereocenters. The van der Waals surface area contributed by atoms with E-state index < -0.39 is 0 Å². The van der Waals surface area contributed by atoms with Crippen molar-refractivity contribution in [1.29, 1.82) is 0 Å². The second kappa shape index (κ2) is 17.8. The molecule has 0 aliphatic rings. The van der Waals surface area contributed by atoms with Crippen molar-refractivity contribution in [2.24, 2.45) is 11.7 Å². The van der Waals surface area contributed by atoms with Gasteiger partial charge in [-0.2, -0.15) is 0 Å². The number of hydrogen-bond donors (Lipinski definition) is 3. The van der Waals surface area contributed by atoms with Gasteiger partial charge in [-0.1, -0.05) is 175 Å². The fourth-order valence-electron chi connectivity index (χ4n) is 8.84. The van der Waals surface area contributed by atoms with Gasteiger partial charge in [0, 0.05) is 38.3 Å². The average Bonchev–Trinajstić information content (AvgIpc) is 3.88.